The summed E-state index contributed by atoms with van der Waals surface area (Å²) in [5.41, 5.74) is 2.58. The van der Waals surface area contributed by atoms with E-state index < -0.39 is 0 Å². The Bertz CT molecular complexity index is 428. The van der Waals surface area contributed by atoms with Crippen molar-refractivity contribution in [2.45, 2.75) is 9.16 Å². The van der Waals surface area contributed by atoms with Gasteiger partial charge in [0.1, 0.15) is 0 Å². The van der Waals surface area contributed by atoms with Crippen molar-refractivity contribution in [3.8, 4) is 0 Å². The minimum atomic E-state index is 0.300. The molecule has 0 spiro atoms. The Hall–Kier alpha value is 0.190. The Balaban J connectivity index is 2.13. The van der Waals surface area contributed by atoms with Gasteiger partial charge < -0.3 is 0 Å². The van der Waals surface area contributed by atoms with E-state index >= 15 is 0 Å². The molecule has 0 nitrogen and oxygen atoms in total. The fraction of sp³-hybridized carbons (Fsp3) is 0.143. The van der Waals surface area contributed by atoms with Crippen LogP contribution >= 0.6 is 56.7 Å². The Morgan fingerprint density at radius 3 is 1.32 bits per heavy atom. The third-order valence-electron chi connectivity index (χ3n) is 2.58. The van der Waals surface area contributed by atoms with Gasteiger partial charge in [0.05, 0.1) is 9.16 Å². The molecule has 2 atom stereocenters. The molecule has 100 valence electrons. The van der Waals surface area contributed by atoms with Crippen LogP contribution < -0.4 is 0 Å². The monoisotopic (exact) mass is 342 g/mol. The summed E-state index contributed by atoms with van der Waals surface area (Å²) in [6.07, 6.45) is 0. The molecule has 0 saturated carbocycles. The number of thiol groups is 2. The Morgan fingerprint density at radius 1 is 0.632 bits per heavy atom. The van der Waals surface area contributed by atoms with E-state index in [1.807, 2.05) is 23.9 Å². The van der Waals surface area contributed by atoms with Gasteiger partial charge in [-0.25, -0.2) is 0 Å². The highest BCUT2D eigenvalue weighted by atomic mass is 33.1. The van der Waals surface area contributed by atoms with Crippen LogP contribution in [0.1, 0.15) is 20.3 Å². The predicted octanol–water partition coefficient (Wildman–Crippen LogP) is 6.27. The first kappa shape index (κ1) is 15.6. The predicted molar refractivity (Wildman–Crippen MR) is 99.1 cm³/mol. The van der Waals surface area contributed by atoms with Gasteiger partial charge in [0.2, 0.25) is 0 Å². The SMILES string of the molecule is SSC(SC(SS)c1ccccc1)c1ccccc1. The molecular weight excluding hydrogens is 328 g/mol. The first-order valence-electron chi connectivity index (χ1n) is 5.71. The summed E-state index contributed by atoms with van der Waals surface area (Å²) < 4.78 is 0.601. The average molecular weight is 343 g/mol. The number of hydrogen-bond donors (Lipinski definition) is 2. The summed E-state index contributed by atoms with van der Waals surface area (Å²) in [7, 11) is 3.14. The molecule has 0 radical (unpaired) electrons. The van der Waals surface area contributed by atoms with Crippen LogP contribution in [0.5, 0.6) is 0 Å². The second-order valence-electron chi connectivity index (χ2n) is 3.83. The molecule has 0 saturated heterocycles. The molecule has 0 heterocycles. The van der Waals surface area contributed by atoms with Crippen molar-refractivity contribution < 1.29 is 0 Å². The average Bonchev–Trinajstić information content (AvgIpc) is 2.50. The first-order valence-corrected chi connectivity index (χ1v) is 10.5. The highest BCUT2D eigenvalue weighted by molar-refractivity contribution is 8.72. The van der Waals surface area contributed by atoms with Gasteiger partial charge in [-0.15, -0.1) is 35.1 Å². The topological polar surface area (TPSA) is 0 Å². The van der Waals surface area contributed by atoms with Gasteiger partial charge in [-0.1, -0.05) is 82.3 Å². The van der Waals surface area contributed by atoms with Crippen molar-refractivity contribution in [1.82, 2.24) is 0 Å². The zero-order valence-electron chi connectivity index (χ0n) is 10.0. The van der Waals surface area contributed by atoms with E-state index in [1.54, 1.807) is 21.6 Å². The maximum Gasteiger partial charge on any atom is 0.0867 e. The van der Waals surface area contributed by atoms with E-state index in [0.717, 1.165) is 0 Å². The van der Waals surface area contributed by atoms with E-state index in [9.17, 15) is 0 Å². The largest absolute Gasteiger partial charge is 0.122 e. The lowest BCUT2D eigenvalue weighted by Gasteiger charge is -2.20. The Labute approximate surface area is 137 Å². The third-order valence-corrected chi connectivity index (χ3v) is 7.91. The molecule has 2 aromatic carbocycles. The van der Waals surface area contributed by atoms with Crippen molar-refractivity contribution in [3.63, 3.8) is 0 Å². The lowest BCUT2D eigenvalue weighted by Crippen LogP contribution is -1.92. The van der Waals surface area contributed by atoms with E-state index in [4.69, 9.17) is 0 Å². The number of hydrogen-bond acceptors (Lipinski definition) is 5. The van der Waals surface area contributed by atoms with Crippen LogP contribution in [0.15, 0.2) is 60.7 Å². The molecular formula is C14H14S5. The van der Waals surface area contributed by atoms with Gasteiger partial charge in [-0.05, 0) is 11.1 Å². The zero-order valence-corrected chi connectivity index (χ0v) is 14.3. The number of rotatable bonds is 6. The molecule has 0 bridgehead atoms. The molecule has 0 N–H and O–H groups in total. The quantitative estimate of drug-likeness (QED) is 0.361. The van der Waals surface area contributed by atoms with Gasteiger partial charge in [0, 0.05) is 0 Å². The normalized spacial score (nSPS) is 14.0. The van der Waals surface area contributed by atoms with Gasteiger partial charge >= 0.3 is 0 Å². The lowest BCUT2D eigenvalue weighted by molar-refractivity contribution is 1.33. The van der Waals surface area contributed by atoms with E-state index in [2.05, 4.69) is 71.9 Å². The Morgan fingerprint density at radius 2 is 1.00 bits per heavy atom. The highest BCUT2D eigenvalue weighted by Gasteiger charge is 2.19. The van der Waals surface area contributed by atoms with E-state index in [-0.39, 0.29) is 0 Å². The summed E-state index contributed by atoms with van der Waals surface area (Å²) >= 11 is 10.7. The third kappa shape index (κ3) is 4.60. The molecule has 2 rings (SSSR count). The molecule has 0 aliphatic rings. The maximum absolute atomic E-state index is 4.41. The van der Waals surface area contributed by atoms with Crippen LogP contribution in [0.4, 0.5) is 0 Å². The van der Waals surface area contributed by atoms with Crippen molar-refractivity contribution in [1.29, 1.82) is 0 Å². The van der Waals surface area contributed by atoms with Gasteiger partial charge in [-0.2, -0.15) is 0 Å². The van der Waals surface area contributed by atoms with Gasteiger partial charge in [0.15, 0.2) is 0 Å². The van der Waals surface area contributed by atoms with Crippen molar-refractivity contribution in [2.24, 2.45) is 0 Å². The number of benzene rings is 2. The summed E-state index contributed by atoms with van der Waals surface area (Å²) in [4.78, 5) is 0. The fourth-order valence-electron chi connectivity index (χ4n) is 1.66. The maximum atomic E-state index is 4.41. The van der Waals surface area contributed by atoms with Crippen molar-refractivity contribution in [2.75, 3.05) is 0 Å². The molecule has 19 heavy (non-hydrogen) atoms. The second-order valence-corrected chi connectivity index (χ2v) is 8.27. The van der Waals surface area contributed by atoms with Crippen LogP contribution in [0.25, 0.3) is 0 Å². The highest BCUT2D eigenvalue weighted by Crippen LogP contribution is 2.53. The second kappa shape index (κ2) is 8.47. The number of thioether (sulfide) groups is 1. The van der Waals surface area contributed by atoms with E-state index in [1.165, 1.54) is 11.1 Å². The molecule has 5 heteroatoms. The van der Waals surface area contributed by atoms with Crippen LogP contribution in [0.2, 0.25) is 0 Å². The van der Waals surface area contributed by atoms with Crippen molar-refractivity contribution in [3.05, 3.63) is 71.8 Å². The molecule has 0 aliphatic carbocycles. The summed E-state index contributed by atoms with van der Waals surface area (Å²) in [6, 6.07) is 20.9. The smallest absolute Gasteiger partial charge is 0.0867 e. The molecule has 0 aliphatic heterocycles. The van der Waals surface area contributed by atoms with Crippen LogP contribution in [-0.2, 0) is 0 Å². The minimum Gasteiger partial charge on any atom is -0.122 e. The van der Waals surface area contributed by atoms with Gasteiger partial charge in [0.25, 0.3) is 0 Å². The summed E-state index contributed by atoms with van der Waals surface area (Å²) in [5, 5.41) is 0. The van der Waals surface area contributed by atoms with Crippen LogP contribution in [0.3, 0.4) is 0 Å². The Kier molecular flexibility index (Phi) is 6.94. The summed E-state index contributed by atoms with van der Waals surface area (Å²) in [5.74, 6) is 0. The molecule has 0 amide bonds. The molecule has 2 aromatic rings. The van der Waals surface area contributed by atoms with E-state index in [0.29, 0.717) is 9.16 Å². The van der Waals surface area contributed by atoms with Crippen LogP contribution in [-0.4, -0.2) is 0 Å². The molecule has 0 fully saturated rings. The lowest BCUT2D eigenvalue weighted by atomic mass is 10.2. The standard InChI is InChI=1S/C14H14S5/c15-18-13(11-7-3-1-4-8-11)17-14(19-16)12-9-5-2-6-10-12/h1-10,13-16H. The summed E-state index contributed by atoms with van der Waals surface area (Å²) in [6.45, 7) is 0. The fourth-order valence-corrected chi connectivity index (χ4v) is 5.97. The molecule has 2 unspecified atom stereocenters. The van der Waals surface area contributed by atoms with Gasteiger partial charge in [-0.3, -0.25) is 0 Å². The molecule has 0 aromatic heterocycles. The zero-order chi connectivity index (χ0) is 13.5. The van der Waals surface area contributed by atoms with Crippen molar-refractivity contribution >= 4 is 56.7 Å². The van der Waals surface area contributed by atoms with Crippen LogP contribution in [0, 0.1) is 0 Å². The minimum absolute atomic E-state index is 0.300. The first-order chi connectivity index (χ1) is 9.35.